The van der Waals surface area contributed by atoms with Gasteiger partial charge in [-0.1, -0.05) is 23.3 Å². The summed E-state index contributed by atoms with van der Waals surface area (Å²) >= 11 is 0. The van der Waals surface area contributed by atoms with Gasteiger partial charge in [0.25, 0.3) is 0 Å². The van der Waals surface area contributed by atoms with Crippen LogP contribution in [0.25, 0.3) is 0 Å². The van der Waals surface area contributed by atoms with E-state index in [-0.39, 0.29) is 6.04 Å². The average Bonchev–Trinajstić information content (AvgIpc) is 2.86. The molecule has 21 heavy (non-hydrogen) atoms. The number of nitrogens with zero attached hydrogens (tertiary/aromatic N) is 2. The van der Waals surface area contributed by atoms with Gasteiger partial charge in [-0.3, -0.25) is 0 Å². The fourth-order valence-electron chi connectivity index (χ4n) is 2.02. The molecule has 0 aliphatic heterocycles. The first kappa shape index (κ1) is 15.3. The Balaban J connectivity index is 1.88. The van der Waals surface area contributed by atoms with Crippen LogP contribution < -0.4 is 15.4 Å². The standard InChI is InChI=1S/C15H22N4O2/c1-10-6-5-7-11(2)14(10)20-9-12(3)17-15-19-18-13(21-15)8-16-4/h5-7,12,16H,8-9H2,1-4H3,(H,17,19). The topological polar surface area (TPSA) is 72.2 Å². The summed E-state index contributed by atoms with van der Waals surface area (Å²) in [6.07, 6.45) is 0. The van der Waals surface area contributed by atoms with Crippen LogP contribution in [-0.4, -0.2) is 29.9 Å². The van der Waals surface area contributed by atoms with E-state index in [1.54, 1.807) is 0 Å². The molecule has 0 aliphatic rings. The van der Waals surface area contributed by atoms with Gasteiger partial charge in [-0.15, -0.1) is 5.10 Å². The molecule has 0 bridgehead atoms. The van der Waals surface area contributed by atoms with Crippen LogP contribution in [0, 0.1) is 13.8 Å². The van der Waals surface area contributed by atoms with E-state index in [9.17, 15) is 0 Å². The largest absolute Gasteiger partial charge is 0.491 e. The molecule has 1 heterocycles. The normalized spacial score (nSPS) is 12.2. The van der Waals surface area contributed by atoms with Gasteiger partial charge in [0, 0.05) is 0 Å². The van der Waals surface area contributed by atoms with Gasteiger partial charge in [0.2, 0.25) is 5.89 Å². The van der Waals surface area contributed by atoms with Crippen molar-refractivity contribution in [3.63, 3.8) is 0 Å². The summed E-state index contributed by atoms with van der Waals surface area (Å²) < 4.78 is 11.3. The third-order valence-corrected chi connectivity index (χ3v) is 3.05. The molecule has 2 N–H and O–H groups in total. The van der Waals surface area contributed by atoms with Crippen molar-refractivity contribution in [2.75, 3.05) is 19.0 Å². The fourth-order valence-corrected chi connectivity index (χ4v) is 2.02. The number of para-hydroxylation sites is 1. The van der Waals surface area contributed by atoms with Gasteiger partial charge in [0.05, 0.1) is 12.6 Å². The smallest absolute Gasteiger partial charge is 0.315 e. The summed E-state index contributed by atoms with van der Waals surface area (Å²) in [5.74, 6) is 1.50. The lowest BCUT2D eigenvalue weighted by molar-refractivity contribution is 0.297. The lowest BCUT2D eigenvalue weighted by atomic mass is 10.1. The van der Waals surface area contributed by atoms with Crippen LogP contribution in [0.1, 0.15) is 23.9 Å². The molecule has 6 nitrogen and oxygen atoms in total. The molecular formula is C15H22N4O2. The van der Waals surface area contributed by atoms with Crippen molar-refractivity contribution in [3.05, 3.63) is 35.2 Å². The van der Waals surface area contributed by atoms with Crippen molar-refractivity contribution in [2.45, 2.75) is 33.4 Å². The van der Waals surface area contributed by atoms with Crippen molar-refractivity contribution in [1.82, 2.24) is 15.5 Å². The molecule has 1 atom stereocenters. The van der Waals surface area contributed by atoms with Gasteiger partial charge in [-0.05, 0) is 38.9 Å². The van der Waals surface area contributed by atoms with E-state index in [2.05, 4.69) is 20.8 Å². The van der Waals surface area contributed by atoms with Gasteiger partial charge in [0.1, 0.15) is 12.4 Å². The second-order valence-corrected chi connectivity index (χ2v) is 5.11. The lowest BCUT2D eigenvalue weighted by Gasteiger charge is -2.16. The highest BCUT2D eigenvalue weighted by molar-refractivity contribution is 5.39. The van der Waals surface area contributed by atoms with Gasteiger partial charge in [0.15, 0.2) is 0 Å². The van der Waals surface area contributed by atoms with Gasteiger partial charge < -0.3 is 19.8 Å². The van der Waals surface area contributed by atoms with Crippen molar-refractivity contribution in [1.29, 1.82) is 0 Å². The minimum Gasteiger partial charge on any atom is -0.491 e. The molecule has 1 aromatic heterocycles. The second-order valence-electron chi connectivity index (χ2n) is 5.11. The summed E-state index contributed by atoms with van der Waals surface area (Å²) in [5, 5.41) is 14.0. The van der Waals surface area contributed by atoms with Crippen LogP contribution in [0.15, 0.2) is 22.6 Å². The monoisotopic (exact) mass is 290 g/mol. The first-order valence-electron chi connectivity index (χ1n) is 7.02. The highest BCUT2D eigenvalue weighted by atomic mass is 16.5. The first-order valence-corrected chi connectivity index (χ1v) is 7.02. The highest BCUT2D eigenvalue weighted by Gasteiger charge is 2.11. The molecule has 114 valence electrons. The SMILES string of the molecule is CNCc1nnc(NC(C)COc2c(C)cccc2C)o1. The van der Waals surface area contributed by atoms with Crippen LogP contribution in [0.2, 0.25) is 0 Å². The summed E-state index contributed by atoms with van der Waals surface area (Å²) in [6, 6.07) is 6.59. The minimum absolute atomic E-state index is 0.0619. The quantitative estimate of drug-likeness (QED) is 0.815. The number of hydrogen-bond donors (Lipinski definition) is 2. The maximum absolute atomic E-state index is 5.89. The molecule has 6 heteroatoms. The summed E-state index contributed by atoms with van der Waals surface area (Å²) in [6.45, 7) is 7.18. The lowest BCUT2D eigenvalue weighted by Crippen LogP contribution is -2.24. The minimum atomic E-state index is 0.0619. The van der Waals surface area contributed by atoms with Crippen LogP contribution in [-0.2, 0) is 6.54 Å². The van der Waals surface area contributed by atoms with Crippen LogP contribution in [0.4, 0.5) is 6.01 Å². The van der Waals surface area contributed by atoms with E-state index in [0.29, 0.717) is 25.1 Å². The Morgan fingerprint density at radius 2 is 1.95 bits per heavy atom. The number of anilines is 1. The Hall–Kier alpha value is -2.08. The van der Waals surface area contributed by atoms with E-state index >= 15 is 0 Å². The third kappa shape index (κ3) is 4.19. The van der Waals surface area contributed by atoms with Crippen LogP contribution >= 0.6 is 0 Å². The number of aryl methyl sites for hydroxylation is 2. The molecule has 0 amide bonds. The Morgan fingerprint density at radius 3 is 2.62 bits per heavy atom. The molecule has 0 radical (unpaired) electrons. The van der Waals surface area contributed by atoms with Gasteiger partial charge >= 0.3 is 6.01 Å². The maximum Gasteiger partial charge on any atom is 0.315 e. The zero-order chi connectivity index (χ0) is 15.2. The summed E-state index contributed by atoms with van der Waals surface area (Å²) in [4.78, 5) is 0. The molecule has 2 rings (SSSR count). The molecule has 0 saturated carbocycles. The molecule has 2 aromatic rings. The Bertz CT molecular complexity index is 563. The molecule has 0 spiro atoms. The van der Waals surface area contributed by atoms with Crippen molar-refractivity contribution in [3.8, 4) is 5.75 Å². The Labute approximate surface area is 124 Å². The highest BCUT2D eigenvalue weighted by Crippen LogP contribution is 2.22. The summed E-state index contributed by atoms with van der Waals surface area (Å²) in [5.41, 5.74) is 2.27. The number of benzene rings is 1. The molecule has 0 fully saturated rings. The zero-order valence-electron chi connectivity index (χ0n) is 12.9. The first-order chi connectivity index (χ1) is 10.1. The third-order valence-electron chi connectivity index (χ3n) is 3.05. The van der Waals surface area contributed by atoms with Crippen molar-refractivity contribution < 1.29 is 9.15 Å². The molecule has 1 unspecified atom stereocenters. The number of hydrogen-bond acceptors (Lipinski definition) is 6. The van der Waals surface area contributed by atoms with E-state index < -0.39 is 0 Å². The van der Waals surface area contributed by atoms with Crippen LogP contribution in [0.3, 0.4) is 0 Å². The van der Waals surface area contributed by atoms with E-state index in [0.717, 1.165) is 16.9 Å². The predicted molar refractivity (Wildman–Crippen MR) is 81.6 cm³/mol. The Kier molecular flexibility index (Phi) is 5.16. The number of aromatic nitrogens is 2. The average molecular weight is 290 g/mol. The number of nitrogens with one attached hydrogen (secondary N) is 2. The predicted octanol–water partition coefficient (Wildman–Crippen LogP) is 2.29. The Morgan fingerprint density at radius 1 is 1.24 bits per heavy atom. The summed E-state index contributed by atoms with van der Waals surface area (Å²) in [7, 11) is 1.83. The van der Waals surface area contributed by atoms with E-state index in [4.69, 9.17) is 9.15 Å². The second kappa shape index (κ2) is 7.08. The molecule has 0 aliphatic carbocycles. The van der Waals surface area contributed by atoms with Gasteiger partial charge in [-0.25, -0.2) is 0 Å². The molecular weight excluding hydrogens is 268 g/mol. The van der Waals surface area contributed by atoms with Crippen LogP contribution in [0.5, 0.6) is 5.75 Å². The number of ether oxygens (including phenoxy) is 1. The zero-order valence-corrected chi connectivity index (χ0v) is 12.9. The fraction of sp³-hybridized carbons (Fsp3) is 0.467. The molecule has 0 saturated heterocycles. The van der Waals surface area contributed by atoms with E-state index in [1.165, 1.54) is 0 Å². The maximum atomic E-state index is 5.89. The molecule has 1 aromatic carbocycles. The van der Waals surface area contributed by atoms with Gasteiger partial charge in [-0.2, -0.15) is 0 Å². The van der Waals surface area contributed by atoms with Crippen molar-refractivity contribution in [2.24, 2.45) is 0 Å². The van der Waals surface area contributed by atoms with E-state index in [1.807, 2.05) is 46.0 Å². The van der Waals surface area contributed by atoms with Crippen molar-refractivity contribution >= 4 is 6.01 Å². The number of rotatable bonds is 7.